The largest absolute Gasteiger partial charge is 0.305 e. The van der Waals surface area contributed by atoms with Crippen LogP contribution in [0.3, 0.4) is 0 Å². The van der Waals surface area contributed by atoms with E-state index in [1.807, 2.05) is 54.9 Å². The van der Waals surface area contributed by atoms with E-state index in [0.29, 0.717) is 11.7 Å². The third-order valence-corrected chi connectivity index (χ3v) is 7.53. The van der Waals surface area contributed by atoms with Crippen molar-refractivity contribution in [2.45, 2.75) is 33.6 Å². The number of rotatable bonds is 4. The van der Waals surface area contributed by atoms with Crippen LogP contribution in [0.5, 0.6) is 0 Å². The van der Waals surface area contributed by atoms with Crippen molar-refractivity contribution in [2.24, 2.45) is 0 Å². The molecule has 7 rings (SSSR count). The van der Waals surface area contributed by atoms with Gasteiger partial charge in [0.25, 0.3) is 0 Å². The number of pyridine rings is 1. The topological polar surface area (TPSA) is 38.7 Å². The molecular formula is C40H33IrN3-2. The van der Waals surface area contributed by atoms with Crippen LogP contribution in [0.1, 0.15) is 36.5 Å². The molecule has 0 bridgehead atoms. The average molecular weight is 748 g/mol. The Bertz CT molecular complexity index is 2000. The Morgan fingerprint density at radius 2 is 1.48 bits per heavy atom. The number of hydrogen-bond acceptors (Lipinski definition) is 3. The van der Waals surface area contributed by atoms with Gasteiger partial charge in [-0.3, -0.25) is 9.97 Å². The van der Waals surface area contributed by atoms with Gasteiger partial charge in [-0.15, -0.1) is 70.8 Å². The SMILES string of the molecule is Cc1[c-]c(-c2cc(-c3ccc(C(C)C)cc3)ccn2)cc(C)c1.[Ir].[c-]1ccccc1-c1ncc2c(ccc3ccccc32)n1. The van der Waals surface area contributed by atoms with Gasteiger partial charge in [0.2, 0.25) is 0 Å². The molecule has 0 amide bonds. The Morgan fingerprint density at radius 1 is 0.682 bits per heavy atom. The second-order valence-corrected chi connectivity index (χ2v) is 11.2. The fourth-order valence-corrected chi connectivity index (χ4v) is 5.30. The van der Waals surface area contributed by atoms with Crippen molar-refractivity contribution in [3.05, 3.63) is 150 Å². The molecule has 1 radical (unpaired) electrons. The summed E-state index contributed by atoms with van der Waals surface area (Å²) in [6.45, 7) is 8.62. The standard InChI is InChI=1S/C22H22N.C18H11N2.Ir/c1-15(2)18-5-7-19(8-6-18)20-9-10-23-22(14-20)21-12-16(3)11-17(4)13-21;1-2-7-14(8-3-1)18-19-12-16-15-9-5-4-6-13(15)10-11-17(16)20-18;/h5-12,14-15H,1-4H3;1-7,9-12H;/q2*-1;. The molecule has 2 heterocycles. The van der Waals surface area contributed by atoms with Crippen LogP contribution in [-0.2, 0) is 20.1 Å². The van der Waals surface area contributed by atoms with Crippen molar-refractivity contribution >= 4 is 21.7 Å². The molecule has 3 nitrogen and oxygen atoms in total. The minimum Gasteiger partial charge on any atom is -0.305 e. The van der Waals surface area contributed by atoms with Crippen LogP contribution in [0.2, 0.25) is 0 Å². The maximum absolute atomic E-state index is 4.65. The summed E-state index contributed by atoms with van der Waals surface area (Å²) in [4.78, 5) is 13.7. The van der Waals surface area contributed by atoms with Gasteiger partial charge in [0.1, 0.15) is 0 Å². The average Bonchev–Trinajstić information content (AvgIpc) is 3.05. The molecular weight excluding hydrogens is 715 g/mol. The van der Waals surface area contributed by atoms with Crippen LogP contribution in [0, 0.1) is 26.0 Å². The van der Waals surface area contributed by atoms with Crippen molar-refractivity contribution in [1.82, 2.24) is 15.0 Å². The molecule has 0 aliphatic rings. The Morgan fingerprint density at radius 3 is 2.23 bits per heavy atom. The zero-order chi connectivity index (χ0) is 29.8. The number of hydrogen-bond donors (Lipinski definition) is 0. The summed E-state index contributed by atoms with van der Waals surface area (Å²) < 4.78 is 0. The van der Waals surface area contributed by atoms with Gasteiger partial charge >= 0.3 is 0 Å². The molecule has 219 valence electrons. The molecule has 0 aliphatic carbocycles. The van der Waals surface area contributed by atoms with Crippen LogP contribution in [0.15, 0.2) is 122 Å². The number of fused-ring (bicyclic) bond motifs is 3. The minimum absolute atomic E-state index is 0. The molecule has 0 saturated carbocycles. The van der Waals surface area contributed by atoms with E-state index >= 15 is 0 Å². The van der Waals surface area contributed by atoms with Gasteiger partial charge in [0.05, 0.1) is 11.3 Å². The Kier molecular flexibility index (Phi) is 9.75. The third kappa shape index (κ3) is 7.00. The first-order valence-electron chi connectivity index (χ1n) is 14.6. The smallest absolute Gasteiger partial charge is 0.0755 e. The zero-order valence-corrected chi connectivity index (χ0v) is 27.7. The Balaban J connectivity index is 0.000000172. The molecule has 0 N–H and O–H groups in total. The monoisotopic (exact) mass is 748 g/mol. The van der Waals surface area contributed by atoms with Gasteiger partial charge in [-0.2, -0.15) is 0 Å². The van der Waals surface area contributed by atoms with Gasteiger partial charge < -0.3 is 4.98 Å². The maximum Gasteiger partial charge on any atom is 0.0755 e. The summed E-state index contributed by atoms with van der Waals surface area (Å²) in [6, 6.07) is 44.1. The van der Waals surface area contributed by atoms with Gasteiger partial charge in [-0.25, -0.2) is 0 Å². The van der Waals surface area contributed by atoms with E-state index in [4.69, 9.17) is 0 Å². The summed E-state index contributed by atoms with van der Waals surface area (Å²) in [5.74, 6) is 1.27. The number of aromatic nitrogens is 3. The van der Waals surface area contributed by atoms with E-state index in [1.165, 1.54) is 33.0 Å². The molecule has 5 aromatic carbocycles. The van der Waals surface area contributed by atoms with Crippen LogP contribution in [-0.4, -0.2) is 15.0 Å². The first-order valence-corrected chi connectivity index (χ1v) is 14.6. The number of aryl methyl sites for hydroxylation is 2. The third-order valence-electron chi connectivity index (χ3n) is 7.53. The summed E-state index contributed by atoms with van der Waals surface area (Å²) in [5, 5.41) is 3.49. The maximum atomic E-state index is 4.65. The predicted molar refractivity (Wildman–Crippen MR) is 179 cm³/mol. The molecule has 0 fully saturated rings. The van der Waals surface area contributed by atoms with E-state index in [1.54, 1.807) is 0 Å². The fraction of sp³-hybridized carbons (Fsp3) is 0.125. The van der Waals surface area contributed by atoms with Gasteiger partial charge in [0, 0.05) is 37.9 Å². The molecule has 44 heavy (non-hydrogen) atoms. The van der Waals surface area contributed by atoms with Crippen LogP contribution in [0.25, 0.3) is 55.4 Å². The van der Waals surface area contributed by atoms with E-state index in [2.05, 4.69) is 122 Å². The second-order valence-electron chi connectivity index (χ2n) is 11.2. The molecule has 0 aliphatic heterocycles. The zero-order valence-electron chi connectivity index (χ0n) is 25.3. The van der Waals surface area contributed by atoms with Gasteiger partial charge in [0.15, 0.2) is 0 Å². The van der Waals surface area contributed by atoms with E-state index in [0.717, 1.165) is 33.3 Å². The Labute approximate surface area is 273 Å². The van der Waals surface area contributed by atoms with Crippen molar-refractivity contribution in [3.63, 3.8) is 0 Å². The first-order chi connectivity index (χ1) is 20.9. The van der Waals surface area contributed by atoms with Crippen LogP contribution < -0.4 is 0 Å². The Hall–Kier alpha value is -4.50. The van der Waals surface area contributed by atoms with Gasteiger partial charge in [-0.05, 0) is 51.2 Å². The van der Waals surface area contributed by atoms with Crippen molar-refractivity contribution < 1.29 is 20.1 Å². The summed E-state index contributed by atoms with van der Waals surface area (Å²) in [7, 11) is 0. The number of benzene rings is 5. The van der Waals surface area contributed by atoms with Crippen molar-refractivity contribution in [3.8, 4) is 33.8 Å². The van der Waals surface area contributed by atoms with Crippen molar-refractivity contribution in [2.75, 3.05) is 0 Å². The minimum atomic E-state index is 0. The van der Waals surface area contributed by atoms with Crippen LogP contribution >= 0.6 is 0 Å². The van der Waals surface area contributed by atoms with Crippen molar-refractivity contribution in [1.29, 1.82) is 0 Å². The number of nitrogens with zero attached hydrogens (tertiary/aromatic N) is 3. The summed E-state index contributed by atoms with van der Waals surface area (Å²) in [6.07, 6.45) is 3.79. The molecule has 0 spiro atoms. The summed E-state index contributed by atoms with van der Waals surface area (Å²) >= 11 is 0. The van der Waals surface area contributed by atoms with Crippen LogP contribution in [0.4, 0.5) is 0 Å². The second kappa shape index (κ2) is 13.9. The van der Waals surface area contributed by atoms with E-state index in [9.17, 15) is 0 Å². The van der Waals surface area contributed by atoms with E-state index < -0.39 is 0 Å². The molecule has 2 aromatic heterocycles. The quantitative estimate of drug-likeness (QED) is 0.133. The van der Waals surface area contributed by atoms with E-state index in [-0.39, 0.29) is 20.1 Å². The predicted octanol–water partition coefficient (Wildman–Crippen LogP) is 10.2. The normalized spacial score (nSPS) is 10.8. The molecule has 4 heteroatoms. The molecule has 0 unspecified atom stereocenters. The molecule has 0 atom stereocenters. The fourth-order valence-electron chi connectivity index (χ4n) is 5.30. The molecule has 0 saturated heterocycles. The van der Waals surface area contributed by atoms with Gasteiger partial charge in [-0.1, -0.05) is 88.4 Å². The first kappa shape index (κ1) is 30.9. The molecule has 7 aromatic rings. The summed E-state index contributed by atoms with van der Waals surface area (Å²) in [5.41, 5.74) is 10.1.